The van der Waals surface area contributed by atoms with Gasteiger partial charge in [0, 0.05) is 31.2 Å². The number of hydrogen-bond donors (Lipinski definition) is 1. The van der Waals surface area contributed by atoms with Gasteiger partial charge in [-0.1, -0.05) is 18.2 Å². The Morgan fingerprint density at radius 2 is 2.27 bits per heavy atom. The minimum Gasteiger partial charge on any atom is -0.497 e. The van der Waals surface area contributed by atoms with Crippen LogP contribution in [-0.2, 0) is 6.54 Å². The van der Waals surface area contributed by atoms with Crippen LogP contribution in [0.3, 0.4) is 0 Å². The topological polar surface area (TPSA) is 49.8 Å². The first kappa shape index (κ1) is 20.7. The molecule has 0 atom stereocenters. The summed E-state index contributed by atoms with van der Waals surface area (Å²) in [4.78, 5) is 12.2. The molecule has 5 nitrogen and oxygen atoms in total. The molecule has 1 aromatic carbocycles. The molecule has 0 aliphatic carbocycles. The quantitative estimate of drug-likeness (QED) is 0.406. The van der Waals surface area contributed by atoms with E-state index in [0.29, 0.717) is 0 Å². The number of hydrogen-bond acceptors (Lipinski definition) is 4. The number of thiazole rings is 1. The van der Waals surface area contributed by atoms with Gasteiger partial charge in [0.25, 0.3) is 0 Å². The number of nitrogens with zero attached hydrogens (tertiary/aromatic N) is 3. The van der Waals surface area contributed by atoms with Crippen molar-refractivity contribution in [1.29, 1.82) is 0 Å². The Hall–Kier alpha value is -1.61. The number of rotatable bonds is 4. The number of aromatic nitrogens is 1. The lowest BCUT2D eigenvalue weighted by molar-refractivity contribution is 0.414. The number of ether oxygens (including phenoxy) is 1. The Kier molecular flexibility index (Phi) is 7.89. The van der Waals surface area contributed by atoms with Gasteiger partial charge in [-0.25, -0.2) is 4.98 Å². The first-order chi connectivity index (χ1) is 12.2. The van der Waals surface area contributed by atoms with E-state index in [1.165, 1.54) is 16.0 Å². The van der Waals surface area contributed by atoms with Gasteiger partial charge in [-0.15, -0.1) is 35.3 Å². The van der Waals surface area contributed by atoms with Crippen molar-refractivity contribution in [3.05, 3.63) is 52.0 Å². The van der Waals surface area contributed by atoms with Crippen molar-refractivity contribution in [3.8, 4) is 5.75 Å². The third kappa shape index (κ3) is 5.20. The van der Waals surface area contributed by atoms with Gasteiger partial charge in [0.2, 0.25) is 0 Å². The Balaban J connectivity index is 0.00000243. The molecule has 7 heteroatoms. The van der Waals surface area contributed by atoms with Crippen LogP contribution in [-0.4, -0.2) is 43.1 Å². The molecule has 0 saturated carbocycles. The lowest BCUT2D eigenvalue weighted by atomic mass is 9.99. The maximum Gasteiger partial charge on any atom is 0.194 e. The van der Waals surface area contributed by atoms with E-state index in [9.17, 15) is 0 Å². The van der Waals surface area contributed by atoms with Gasteiger partial charge in [-0.2, -0.15) is 0 Å². The first-order valence-electron chi connectivity index (χ1n) is 8.40. The number of methoxy groups -OCH3 is 1. The summed E-state index contributed by atoms with van der Waals surface area (Å²) in [6.45, 7) is 4.60. The highest BCUT2D eigenvalue weighted by molar-refractivity contribution is 14.0. The summed E-state index contributed by atoms with van der Waals surface area (Å²) in [6.07, 6.45) is 5.20. The average molecular weight is 484 g/mol. The van der Waals surface area contributed by atoms with Crippen LogP contribution in [0, 0.1) is 6.92 Å². The lowest BCUT2D eigenvalue weighted by Crippen LogP contribution is -2.43. The summed E-state index contributed by atoms with van der Waals surface area (Å²) in [6, 6.07) is 8.26. The minimum atomic E-state index is 0. The molecule has 0 unspecified atom stereocenters. The number of halogens is 1. The fourth-order valence-corrected chi connectivity index (χ4v) is 3.67. The van der Waals surface area contributed by atoms with Gasteiger partial charge < -0.3 is 15.0 Å². The molecule has 1 N–H and O–H groups in total. The SMILES string of the molecule is CN=C(NCc1cnc(C)s1)N1CC=C(c2cccc(OC)c2)CC1.I. The van der Waals surface area contributed by atoms with E-state index in [2.05, 4.69) is 38.4 Å². The predicted octanol–water partition coefficient (Wildman–Crippen LogP) is 3.94. The van der Waals surface area contributed by atoms with Crippen LogP contribution < -0.4 is 10.1 Å². The molecule has 140 valence electrons. The highest BCUT2D eigenvalue weighted by Crippen LogP contribution is 2.25. The molecule has 2 heterocycles. The molecule has 0 fully saturated rings. The van der Waals surface area contributed by atoms with Gasteiger partial charge in [-0.3, -0.25) is 4.99 Å². The maximum absolute atomic E-state index is 5.33. The fourth-order valence-electron chi connectivity index (χ4n) is 2.93. The molecule has 0 spiro atoms. The Bertz CT molecular complexity index is 787. The molecular formula is C19H25IN4OS. The van der Waals surface area contributed by atoms with Gasteiger partial charge >= 0.3 is 0 Å². The summed E-state index contributed by atoms with van der Waals surface area (Å²) in [5.74, 6) is 1.84. The van der Waals surface area contributed by atoms with E-state index < -0.39 is 0 Å². The van der Waals surface area contributed by atoms with Crippen molar-refractivity contribution >= 4 is 46.8 Å². The molecule has 1 aromatic heterocycles. The highest BCUT2D eigenvalue weighted by Gasteiger charge is 2.16. The average Bonchev–Trinajstić information content (AvgIpc) is 3.08. The van der Waals surface area contributed by atoms with E-state index in [0.717, 1.165) is 42.8 Å². The Labute approximate surface area is 176 Å². The van der Waals surface area contributed by atoms with Crippen LogP contribution in [0.1, 0.15) is 21.9 Å². The Morgan fingerprint density at radius 3 is 2.88 bits per heavy atom. The summed E-state index contributed by atoms with van der Waals surface area (Å²) in [7, 11) is 3.54. The van der Waals surface area contributed by atoms with Crippen molar-refractivity contribution in [1.82, 2.24) is 15.2 Å². The maximum atomic E-state index is 5.33. The molecule has 0 amide bonds. The second kappa shape index (κ2) is 9.91. The number of aliphatic imine (C=N–C) groups is 1. The monoisotopic (exact) mass is 484 g/mol. The third-order valence-electron chi connectivity index (χ3n) is 4.25. The van der Waals surface area contributed by atoms with E-state index in [1.54, 1.807) is 18.4 Å². The minimum absolute atomic E-state index is 0. The van der Waals surface area contributed by atoms with Crippen LogP contribution in [0.5, 0.6) is 5.75 Å². The van der Waals surface area contributed by atoms with Gasteiger partial charge in [0.1, 0.15) is 5.75 Å². The summed E-state index contributed by atoms with van der Waals surface area (Å²) >= 11 is 1.72. The first-order valence-corrected chi connectivity index (χ1v) is 9.21. The van der Waals surface area contributed by atoms with Gasteiger partial charge in [0.05, 0.1) is 18.7 Å². The lowest BCUT2D eigenvalue weighted by Gasteiger charge is -2.29. The smallest absolute Gasteiger partial charge is 0.194 e. The molecule has 0 saturated heterocycles. The zero-order valence-electron chi connectivity index (χ0n) is 15.4. The third-order valence-corrected chi connectivity index (χ3v) is 5.16. The van der Waals surface area contributed by atoms with Crippen LogP contribution in [0.25, 0.3) is 5.57 Å². The second-order valence-corrected chi connectivity index (χ2v) is 7.22. The second-order valence-electron chi connectivity index (χ2n) is 5.90. The molecular weight excluding hydrogens is 459 g/mol. The zero-order chi connectivity index (χ0) is 17.6. The standard InChI is InChI=1S/C19H24N4OS.HI/c1-14-21-12-18(25-14)13-22-19(20-2)23-9-7-15(8-10-23)16-5-4-6-17(11-16)24-3;/h4-7,11-12H,8-10,13H2,1-3H3,(H,20,22);1H. The molecule has 2 aromatic rings. The summed E-state index contributed by atoms with van der Waals surface area (Å²) in [5.41, 5.74) is 2.60. The van der Waals surface area contributed by atoms with Crippen molar-refractivity contribution in [2.24, 2.45) is 4.99 Å². The van der Waals surface area contributed by atoms with E-state index >= 15 is 0 Å². The van der Waals surface area contributed by atoms with Crippen LogP contribution in [0.2, 0.25) is 0 Å². The molecule has 3 rings (SSSR count). The van der Waals surface area contributed by atoms with Gasteiger partial charge in [0.15, 0.2) is 5.96 Å². The van der Waals surface area contributed by atoms with Crippen molar-refractivity contribution < 1.29 is 4.74 Å². The summed E-state index contributed by atoms with van der Waals surface area (Å²) in [5, 5.41) is 4.53. The van der Waals surface area contributed by atoms with Crippen LogP contribution in [0.15, 0.2) is 41.5 Å². The fraction of sp³-hybridized carbons (Fsp3) is 0.368. The number of aryl methyl sites for hydroxylation is 1. The van der Waals surface area contributed by atoms with Gasteiger partial charge in [-0.05, 0) is 36.6 Å². The molecule has 0 radical (unpaired) electrons. The van der Waals surface area contributed by atoms with E-state index in [4.69, 9.17) is 4.74 Å². The largest absolute Gasteiger partial charge is 0.497 e. The molecule has 1 aliphatic rings. The van der Waals surface area contributed by atoms with Crippen LogP contribution in [0.4, 0.5) is 0 Å². The number of guanidine groups is 1. The molecule has 1 aliphatic heterocycles. The normalized spacial score (nSPS) is 14.5. The highest BCUT2D eigenvalue weighted by atomic mass is 127. The summed E-state index contributed by atoms with van der Waals surface area (Å²) < 4.78 is 5.33. The van der Waals surface area contributed by atoms with Crippen molar-refractivity contribution in [3.63, 3.8) is 0 Å². The Morgan fingerprint density at radius 1 is 1.42 bits per heavy atom. The van der Waals surface area contributed by atoms with Crippen molar-refractivity contribution in [2.45, 2.75) is 19.9 Å². The van der Waals surface area contributed by atoms with E-state index in [1.807, 2.05) is 32.3 Å². The molecule has 0 bridgehead atoms. The number of benzene rings is 1. The predicted molar refractivity (Wildman–Crippen MR) is 120 cm³/mol. The molecule has 26 heavy (non-hydrogen) atoms. The van der Waals surface area contributed by atoms with Crippen molar-refractivity contribution in [2.75, 3.05) is 27.2 Å². The van der Waals surface area contributed by atoms with Crippen LogP contribution >= 0.6 is 35.3 Å². The zero-order valence-corrected chi connectivity index (χ0v) is 18.5. The number of nitrogens with one attached hydrogen (secondary N) is 1. The van der Waals surface area contributed by atoms with E-state index in [-0.39, 0.29) is 24.0 Å².